The Kier molecular flexibility index (Phi) is 8.32. The number of anilines is 1. The molecule has 0 spiro atoms. The van der Waals surface area contributed by atoms with E-state index in [2.05, 4.69) is 12.2 Å². The number of aryl methyl sites for hydroxylation is 1. The summed E-state index contributed by atoms with van der Waals surface area (Å²) in [6.07, 6.45) is 9.24. The lowest BCUT2D eigenvalue weighted by Gasteiger charge is -2.10. The molecule has 108 valence electrons. The molecule has 0 radical (unpaired) electrons. The highest BCUT2D eigenvalue weighted by Gasteiger charge is 2.03. The van der Waals surface area contributed by atoms with E-state index in [1.165, 1.54) is 44.9 Å². The van der Waals surface area contributed by atoms with Gasteiger partial charge in [-0.1, -0.05) is 68.7 Å². The van der Waals surface area contributed by atoms with Gasteiger partial charge >= 0.3 is 0 Å². The Labute approximate surface area is 127 Å². The smallest absolute Gasteiger partial charge is 0.0641 e. The zero-order valence-electron chi connectivity index (χ0n) is 12.1. The van der Waals surface area contributed by atoms with Gasteiger partial charge in [-0.25, -0.2) is 0 Å². The molecule has 0 amide bonds. The van der Waals surface area contributed by atoms with Crippen molar-refractivity contribution in [3.8, 4) is 0 Å². The largest absolute Gasteiger partial charge is 0.384 e. The molecule has 0 aromatic heterocycles. The lowest BCUT2D eigenvalue weighted by atomic mass is 10.1. The van der Waals surface area contributed by atoms with E-state index >= 15 is 0 Å². The first kappa shape index (κ1) is 16.7. The highest BCUT2D eigenvalue weighted by Crippen LogP contribution is 2.28. The van der Waals surface area contributed by atoms with Crippen LogP contribution in [0.5, 0.6) is 0 Å². The molecule has 0 unspecified atom stereocenters. The maximum absolute atomic E-state index is 6.18. The first-order valence-electron chi connectivity index (χ1n) is 7.34. The summed E-state index contributed by atoms with van der Waals surface area (Å²) in [6.45, 7) is 5.18. The molecule has 0 atom stereocenters. The normalized spacial score (nSPS) is 10.7. The van der Waals surface area contributed by atoms with Crippen LogP contribution in [0.1, 0.15) is 57.4 Å². The summed E-state index contributed by atoms with van der Waals surface area (Å²) in [7, 11) is 0. The fourth-order valence-corrected chi connectivity index (χ4v) is 2.54. The second-order valence-corrected chi connectivity index (χ2v) is 5.94. The molecule has 0 aliphatic heterocycles. The van der Waals surface area contributed by atoms with E-state index in [9.17, 15) is 0 Å². The van der Waals surface area contributed by atoms with E-state index < -0.39 is 0 Å². The number of unbranched alkanes of at least 4 members (excludes halogenated alkanes) is 6. The fraction of sp³-hybridized carbons (Fsp3) is 0.625. The van der Waals surface area contributed by atoms with Gasteiger partial charge in [0, 0.05) is 11.6 Å². The summed E-state index contributed by atoms with van der Waals surface area (Å²) in [4.78, 5) is 0. The van der Waals surface area contributed by atoms with Gasteiger partial charge in [0.2, 0.25) is 0 Å². The highest BCUT2D eigenvalue weighted by molar-refractivity contribution is 6.35. The second-order valence-electron chi connectivity index (χ2n) is 5.13. The Balaban J connectivity index is 2.17. The molecule has 0 aliphatic rings. The van der Waals surface area contributed by atoms with Crippen molar-refractivity contribution < 1.29 is 0 Å². The van der Waals surface area contributed by atoms with Crippen molar-refractivity contribution in [1.29, 1.82) is 0 Å². The lowest BCUT2D eigenvalue weighted by Crippen LogP contribution is -2.02. The molecule has 0 aliphatic carbocycles. The predicted octanol–water partition coefficient (Wildman–Crippen LogP) is 6.46. The van der Waals surface area contributed by atoms with Crippen LogP contribution in [0.4, 0.5) is 5.69 Å². The molecule has 0 saturated heterocycles. The minimum absolute atomic E-state index is 0.754. The van der Waals surface area contributed by atoms with Crippen molar-refractivity contribution in [3.63, 3.8) is 0 Å². The fourth-order valence-electron chi connectivity index (χ4n) is 2.09. The Hall–Kier alpha value is -0.400. The molecule has 0 heterocycles. The van der Waals surface area contributed by atoms with Gasteiger partial charge in [0.15, 0.2) is 0 Å². The molecular weight excluding hydrogens is 277 g/mol. The first-order chi connectivity index (χ1) is 9.15. The van der Waals surface area contributed by atoms with E-state index in [1.54, 1.807) is 0 Å². The number of hydrogen-bond acceptors (Lipinski definition) is 1. The third kappa shape index (κ3) is 6.54. The van der Waals surface area contributed by atoms with Gasteiger partial charge in [0.05, 0.1) is 10.7 Å². The summed E-state index contributed by atoms with van der Waals surface area (Å²) >= 11 is 12.3. The average molecular weight is 302 g/mol. The number of rotatable bonds is 9. The van der Waals surface area contributed by atoms with Gasteiger partial charge in [0.25, 0.3) is 0 Å². The standard InChI is InChI=1S/C16H25Cl2N/c1-3-4-5-6-7-8-9-10-19-16-12-14(17)13(2)11-15(16)18/h11-12,19H,3-10H2,1-2H3. The van der Waals surface area contributed by atoms with Gasteiger partial charge in [-0.15, -0.1) is 0 Å². The molecule has 3 heteroatoms. The number of benzene rings is 1. The Morgan fingerprint density at radius 3 is 2.21 bits per heavy atom. The lowest BCUT2D eigenvalue weighted by molar-refractivity contribution is 0.596. The zero-order chi connectivity index (χ0) is 14.1. The van der Waals surface area contributed by atoms with Crippen LogP contribution in [-0.2, 0) is 0 Å². The summed E-state index contributed by atoms with van der Waals surface area (Å²) < 4.78 is 0. The van der Waals surface area contributed by atoms with Crippen LogP contribution in [0, 0.1) is 6.92 Å². The van der Waals surface area contributed by atoms with Crippen molar-refractivity contribution in [1.82, 2.24) is 0 Å². The Morgan fingerprint density at radius 2 is 1.53 bits per heavy atom. The van der Waals surface area contributed by atoms with Gasteiger partial charge in [-0.3, -0.25) is 0 Å². The van der Waals surface area contributed by atoms with Crippen LogP contribution in [0.15, 0.2) is 12.1 Å². The minimum atomic E-state index is 0.754. The van der Waals surface area contributed by atoms with Crippen molar-refractivity contribution in [3.05, 3.63) is 27.7 Å². The van der Waals surface area contributed by atoms with Gasteiger partial charge < -0.3 is 5.32 Å². The predicted molar refractivity (Wildman–Crippen MR) is 87.7 cm³/mol. The van der Waals surface area contributed by atoms with Crippen molar-refractivity contribution in [2.24, 2.45) is 0 Å². The maximum atomic E-state index is 6.18. The average Bonchev–Trinajstić information content (AvgIpc) is 2.38. The summed E-state index contributed by atoms with van der Waals surface area (Å²) in [6, 6.07) is 3.83. The topological polar surface area (TPSA) is 12.0 Å². The van der Waals surface area contributed by atoms with Crippen LogP contribution in [-0.4, -0.2) is 6.54 Å². The third-order valence-corrected chi connectivity index (χ3v) is 4.06. The number of halogens is 2. The Morgan fingerprint density at radius 1 is 0.895 bits per heavy atom. The molecule has 19 heavy (non-hydrogen) atoms. The van der Waals surface area contributed by atoms with E-state index in [1.807, 2.05) is 19.1 Å². The number of nitrogens with one attached hydrogen (secondary N) is 1. The van der Waals surface area contributed by atoms with Gasteiger partial charge in [-0.05, 0) is 31.0 Å². The molecule has 0 fully saturated rings. The molecule has 1 rings (SSSR count). The van der Waals surface area contributed by atoms with E-state index in [-0.39, 0.29) is 0 Å². The Bertz CT molecular complexity index is 377. The molecule has 1 aromatic carbocycles. The van der Waals surface area contributed by atoms with Crippen molar-refractivity contribution in [2.45, 2.75) is 58.8 Å². The van der Waals surface area contributed by atoms with Crippen LogP contribution in [0.3, 0.4) is 0 Å². The van der Waals surface area contributed by atoms with Gasteiger partial charge in [-0.2, -0.15) is 0 Å². The highest BCUT2D eigenvalue weighted by atomic mass is 35.5. The van der Waals surface area contributed by atoms with E-state index in [4.69, 9.17) is 23.2 Å². The molecule has 0 saturated carbocycles. The summed E-state index contributed by atoms with van der Waals surface area (Å²) in [5.41, 5.74) is 1.97. The van der Waals surface area contributed by atoms with Crippen LogP contribution in [0.2, 0.25) is 10.0 Å². The second kappa shape index (κ2) is 9.50. The van der Waals surface area contributed by atoms with E-state index in [0.717, 1.165) is 27.8 Å². The van der Waals surface area contributed by atoms with Crippen molar-refractivity contribution in [2.75, 3.05) is 11.9 Å². The number of hydrogen-bond donors (Lipinski definition) is 1. The molecule has 1 nitrogen and oxygen atoms in total. The summed E-state index contributed by atoms with van der Waals surface area (Å²) in [5, 5.41) is 4.89. The quantitative estimate of drug-likeness (QED) is 0.516. The van der Waals surface area contributed by atoms with Crippen LogP contribution in [0.25, 0.3) is 0 Å². The van der Waals surface area contributed by atoms with Crippen LogP contribution >= 0.6 is 23.2 Å². The molecule has 1 N–H and O–H groups in total. The van der Waals surface area contributed by atoms with Crippen molar-refractivity contribution >= 4 is 28.9 Å². The molecular formula is C16H25Cl2N. The maximum Gasteiger partial charge on any atom is 0.0641 e. The molecule has 1 aromatic rings. The monoisotopic (exact) mass is 301 g/mol. The molecule has 0 bridgehead atoms. The van der Waals surface area contributed by atoms with Gasteiger partial charge in [0.1, 0.15) is 0 Å². The van der Waals surface area contributed by atoms with Crippen LogP contribution < -0.4 is 5.32 Å². The summed E-state index contributed by atoms with van der Waals surface area (Å²) in [5.74, 6) is 0. The van der Waals surface area contributed by atoms with E-state index in [0.29, 0.717) is 0 Å². The third-order valence-electron chi connectivity index (χ3n) is 3.34. The SMILES string of the molecule is CCCCCCCCCNc1cc(Cl)c(C)cc1Cl. The minimum Gasteiger partial charge on any atom is -0.384 e. The zero-order valence-corrected chi connectivity index (χ0v) is 13.6. The first-order valence-corrected chi connectivity index (χ1v) is 8.10.